The SMILES string of the molecule is C=CCN1C2CCC1CN(C(c1ccc(C(=O)N(CC)CC)cc1)c1cccc(O)c1)CC2. The first-order valence-electron chi connectivity index (χ1n) is 12.3. The third kappa shape index (κ3) is 4.99. The van der Waals surface area contributed by atoms with Gasteiger partial charge in [0.2, 0.25) is 0 Å². The zero-order valence-electron chi connectivity index (χ0n) is 20.0. The number of carbonyl (C=O) groups is 1. The molecule has 0 aromatic heterocycles. The first-order chi connectivity index (χ1) is 16.0. The van der Waals surface area contributed by atoms with Gasteiger partial charge in [0.05, 0.1) is 6.04 Å². The lowest BCUT2D eigenvalue weighted by Gasteiger charge is -2.34. The van der Waals surface area contributed by atoms with Gasteiger partial charge in [0.15, 0.2) is 0 Å². The van der Waals surface area contributed by atoms with Gasteiger partial charge in [-0.15, -0.1) is 6.58 Å². The van der Waals surface area contributed by atoms with E-state index < -0.39 is 0 Å². The van der Waals surface area contributed by atoms with Crippen LogP contribution in [-0.2, 0) is 0 Å². The Labute approximate surface area is 198 Å². The van der Waals surface area contributed by atoms with E-state index in [1.54, 1.807) is 6.07 Å². The molecule has 0 aliphatic carbocycles. The minimum atomic E-state index is 0.0413. The molecule has 2 saturated heterocycles. The Morgan fingerprint density at radius 2 is 1.82 bits per heavy atom. The molecular weight excluding hydrogens is 410 g/mol. The molecular formula is C28H37N3O2. The minimum Gasteiger partial charge on any atom is -0.508 e. The van der Waals surface area contributed by atoms with Gasteiger partial charge in [-0.25, -0.2) is 0 Å². The Morgan fingerprint density at radius 1 is 1.09 bits per heavy atom. The summed E-state index contributed by atoms with van der Waals surface area (Å²) in [7, 11) is 0. The maximum absolute atomic E-state index is 12.8. The molecule has 1 amide bonds. The third-order valence-electron chi connectivity index (χ3n) is 7.38. The average Bonchev–Trinajstić information content (AvgIpc) is 3.10. The number of nitrogens with zero attached hydrogens (tertiary/aromatic N) is 3. The fourth-order valence-corrected chi connectivity index (χ4v) is 5.69. The van der Waals surface area contributed by atoms with Crippen molar-refractivity contribution in [2.75, 3.05) is 32.7 Å². The van der Waals surface area contributed by atoms with Gasteiger partial charge >= 0.3 is 0 Å². The van der Waals surface area contributed by atoms with Crippen molar-refractivity contribution in [2.24, 2.45) is 0 Å². The Bertz CT molecular complexity index is 954. The number of likely N-dealkylation sites (tertiary alicyclic amines) is 1. The largest absolute Gasteiger partial charge is 0.508 e. The zero-order chi connectivity index (χ0) is 23.4. The average molecular weight is 448 g/mol. The summed E-state index contributed by atoms with van der Waals surface area (Å²) in [6.07, 6.45) is 5.65. The van der Waals surface area contributed by atoms with Crippen LogP contribution in [0.15, 0.2) is 61.2 Å². The van der Waals surface area contributed by atoms with Crippen LogP contribution in [0.4, 0.5) is 0 Å². The molecule has 2 aromatic rings. The molecule has 2 heterocycles. The Balaban J connectivity index is 1.65. The summed E-state index contributed by atoms with van der Waals surface area (Å²) in [5.74, 6) is 0.364. The standard InChI is InChI=1S/C28H37N3O2/c1-4-17-31-24-14-15-25(31)20-30(18-16-24)27(23-8-7-9-26(32)19-23)21-10-12-22(13-11-21)28(33)29(5-2)6-3/h4,7-13,19,24-25,27,32H,1,5-6,14-18,20H2,2-3H3. The van der Waals surface area contributed by atoms with E-state index in [9.17, 15) is 9.90 Å². The third-order valence-corrected chi connectivity index (χ3v) is 7.38. The maximum atomic E-state index is 12.8. The number of hydrogen-bond acceptors (Lipinski definition) is 4. The highest BCUT2D eigenvalue weighted by atomic mass is 16.3. The molecule has 2 aromatic carbocycles. The normalized spacial score (nSPS) is 22.0. The van der Waals surface area contributed by atoms with E-state index in [0.29, 0.717) is 25.2 Å². The van der Waals surface area contributed by atoms with Crippen LogP contribution in [0.2, 0.25) is 0 Å². The van der Waals surface area contributed by atoms with Crippen LogP contribution < -0.4 is 0 Å². The van der Waals surface area contributed by atoms with Crippen molar-refractivity contribution in [3.05, 3.63) is 77.9 Å². The fraction of sp³-hybridized carbons (Fsp3) is 0.464. The van der Waals surface area contributed by atoms with Gasteiger partial charge in [-0.2, -0.15) is 0 Å². The number of fused-ring (bicyclic) bond motifs is 2. The molecule has 0 saturated carbocycles. The molecule has 33 heavy (non-hydrogen) atoms. The van der Waals surface area contributed by atoms with Crippen molar-refractivity contribution >= 4 is 5.91 Å². The van der Waals surface area contributed by atoms with Crippen LogP contribution in [0.1, 0.15) is 60.6 Å². The Kier molecular flexibility index (Phi) is 7.51. The lowest BCUT2D eigenvalue weighted by molar-refractivity contribution is 0.0773. The molecule has 2 aliphatic heterocycles. The van der Waals surface area contributed by atoms with Crippen LogP contribution in [-0.4, -0.2) is 70.5 Å². The predicted molar refractivity (Wildman–Crippen MR) is 134 cm³/mol. The Hall–Kier alpha value is -2.63. The molecule has 3 atom stereocenters. The first-order valence-corrected chi connectivity index (χ1v) is 12.3. The van der Waals surface area contributed by atoms with Crippen molar-refractivity contribution < 1.29 is 9.90 Å². The molecule has 4 rings (SSSR count). The van der Waals surface area contributed by atoms with Gasteiger partial charge in [-0.3, -0.25) is 14.6 Å². The number of aromatic hydroxyl groups is 1. The molecule has 5 heteroatoms. The molecule has 2 aliphatic rings. The van der Waals surface area contributed by atoms with Gasteiger partial charge in [0.25, 0.3) is 5.91 Å². The highest BCUT2D eigenvalue weighted by molar-refractivity contribution is 5.94. The molecule has 1 N–H and O–H groups in total. The molecule has 5 nitrogen and oxygen atoms in total. The van der Waals surface area contributed by atoms with E-state index in [1.165, 1.54) is 12.8 Å². The number of phenolic OH excluding ortho intramolecular Hbond substituents is 1. The minimum absolute atomic E-state index is 0.0413. The molecule has 2 bridgehead atoms. The topological polar surface area (TPSA) is 47.0 Å². The molecule has 3 unspecified atom stereocenters. The quantitative estimate of drug-likeness (QED) is 0.597. The maximum Gasteiger partial charge on any atom is 0.253 e. The lowest BCUT2D eigenvalue weighted by Crippen LogP contribution is -2.40. The van der Waals surface area contributed by atoms with Crippen LogP contribution in [0.5, 0.6) is 5.75 Å². The number of phenols is 1. The van der Waals surface area contributed by atoms with Crippen molar-refractivity contribution in [2.45, 2.75) is 51.2 Å². The Morgan fingerprint density at radius 3 is 2.48 bits per heavy atom. The van der Waals surface area contributed by atoms with E-state index in [1.807, 2.05) is 49.1 Å². The predicted octanol–water partition coefficient (Wildman–Crippen LogP) is 4.69. The second-order valence-electron chi connectivity index (χ2n) is 9.25. The zero-order valence-corrected chi connectivity index (χ0v) is 20.0. The van der Waals surface area contributed by atoms with Gasteiger partial charge in [-0.05, 0) is 68.5 Å². The molecule has 0 spiro atoms. The number of carbonyl (C=O) groups excluding carboxylic acids is 1. The summed E-state index contributed by atoms with van der Waals surface area (Å²) in [4.78, 5) is 19.8. The summed E-state index contributed by atoms with van der Waals surface area (Å²) < 4.78 is 0. The monoisotopic (exact) mass is 447 g/mol. The number of benzene rings is 2. The fourth-order valence-electron chi connectivity index (χ4n) is 5.69. The van der Waals surface area contributed by atoms with Crippen LogP contribution in [0, 0.1) is 0 Å². The smallest absolute Gasteiger partial charge is 0.253 e. The van der Waals surface area contributed by atoms with Crippen LogP contribution in [0.3, 0.4) is 0 Å². The van der Waals surface area contributed by atoms with Crippen molar-refractivity contribution in [1.29, 1.82) is 0 Å². The summed E-state index contributed by atoms with van der Waals surface area (Å²) in [6.45, 7) is 12.4. The summed E-state index contributed by atoms with van der Waals surface area (Å²) >= 11 is 0. The molecule has 2 fully saturated rings. The molecule has 176 valence electrons. The lowest BCUT2D eigenvalue weighted by atomic mass is 9.94. The number of amides is 1. The van der Waals surface area contributed by atoms with Gasteiger partial charge in [0.1, 0.15) is 5.75 Å². The van der Waals surface area contributed by atoms with E-state index in [-0.39, 0.29) is 17.7 Å². The van der Waals surface area contributed by atoms with E-state index in [4.69, 9.17) is 0 Å². The number of rotatable bonds is 8. The van der Waals surface area contributed by atoms with E-state index in [0.717, 1.165) is 42.7 Å². The highest BCUT2D eigenvalue weighted by Crippen LogP contribution is 2.37. The van der Waals surface area contributed by atoms with Gasteiger partial charge < -0.3 is 10.0 Å². The summed E-state index contributed by atoms with van der Waals surface area (Å²) in [6, 6.07) is 16.9. The second kappa shape index (κ2) is 10.5. The van der Waals surface area contributed by atoms with E-state index in [2.05, 4.69) is 34.6 Å². The highest BCUT2D eigenvalue weighted by Gasteiger charge is 2.38. The van der Waals surface area contributed by atoms with Crippen molar-refractivity contribution in [1.82, 2.24) is 14.7 Å². The van der Waals surface area contributed by atoms with Crippen LogP contribution in [0.25, 0.3) is 0 Å². The second-order valence-corrected chi connectivity index (χ2v) is 9.25. The van der Waals surface area contributed by atoms with Gasteiger partial charge in [0, 0.05) is 50.4 Å². The summed E-state index contributed by atoms with van der Waals surface area (Å²) in [5.41, 5.74) is 2.97. The first kappa shape index (κ1) is 23.5. The summed E-state index contributed by atoms with van der Waals surface area (Å²) in [5, 5.41) is 10.2. The molecule has 0 radical (unpaired) electrons. The van der Waals surface area contributed by atoms with E-state index >= 15 is 0 Å². The van der Waals surface area contributed by atoms with Gasteiger partial charge in [-0.1, -0.05) is 30.3 Å². The van der Waals surface area contributed by atoms with Crippen molar-refractivity contribution in [3.63, 3.8) is 0 Å². The van der Waals surface area contributed by atoms with Crippen LogP contribution >= 0.6 is 0 Å². The van der Waals surface area contributed by atoms with Crippen molar-refractivity contribution in [3.8, 4) is 5.75 Å². The number of hydrogen-bond donors (Lipinski definition) is 1.